The van der Waals surface area contributed by atoms with Gasteiger partial charge in [0.15, 0.2) is 0 Å². The van der Waals surface area contributed by atoms with Gasteiger partial charge in [0.2, 0.25) is 0 Å². The number of carbonyl (C=O) groups is 1. The highest BCUT2D eigenvalue weighted by atomic mass is 79.9. The van der Waals surface area contributed by atoms with Crippen molar-refractivity contribution in [2.45, 2.75) is 19.1 Å². The summed E-state index contributed by atoms with van der Waals surface area (Å²) in [5.41, 5.74) is 0. The van der Waals surface area contributed by atoms with Crippen molar-refractivity contribution in [1.29, 1.82) is 0 Å². The van der Waals surface area contributed by atoms with Gasteiger partial charge in [0.25, 0.3) is 5.91 Å². The van der Waals surface area contributed by atoms with Crippen LogP contribution in [-0.4, -0.2) is 42.0 Å². The van der Waals surface area contributed by atoms with Crippen molar-refractivity contribution in [2.24, 2.45) is 0 Å². The average Bonchev–Trinajstić information content (AvgIpc) is 2.73. The number of alkyl halides is 1. The minimum atomic E-state index is -0.0666. The summed E-state index contributed by atoms with van der Waals surface area (Å²) in [5, 5.41) is 1.90. The Morgan fingerprint density at radius 1 is 1.71 bits per heavy atom. The Bertz CT molecular complexity index is 412. The number of halogens is 2. The first-order chi connectivity index (χ1) is 8.11. The van der Waals surface area contributed by atoms with Gasteiger partial charge in [-0.05, 0) is 34.3 Å². The minimum absolute atomic E-state index is 0.0372. The SMILES string of the molecule is CC1CN(C(=O)c2sccc2Br)CC(CCl)O1. The first kappa shape index (κ1) is 13.3. The smallest absolute Gasteiger partial charge is 0.265 e. The van der Waals surface area contributed by atoms with Gasteiger partial charge < -0.3 is 9.64 Å². The molecule has 1 saturated heterocycles. The van der Waals surface area contributed by atoms with Crippen molar-refractivity contribution in [3.05, 3.63) is 20.8 Å². The summed E-state index contributed by atoms with van der Waals surface area (Å²) in [6, 6.07) is 1.89. The molecule has 6 heteroatoms. The predicted molar refractivity (Wildman–Crippen MR) is 73.0 cm³/mol. The van der Waals surface area contributed by atoms with E-state index in [1.54, 1.807) is 0 Å². The van der Waals surface area contributed by atoms with Crippen LogP contribution < -0.4 is 0 Å². The molecule has 1 aliphatic heterocycles. The van der Waals surface area contributed by atoms with Crippen LogP contribution in [0.1, 0.15) is 16.6 Å². The van der Waals surface area contributed by atoms with E-state index in [-0.39, 0.29) is 18.1 Å². The summed E-state index contributed by atoms with van der Waals surface area (Å²) >= 11 is 10.6. The fourth-order valence-electron chi connectivity index (χ4n) is 1.89. The van der Waals surface area contributed by atoms with Gasteiger partial charge in [0, 0.05) is 17.6 Å². The molecule has 0 aromatic carbocycles. The average molecular weight is 339 g/mol. The van der Waals surface area contributed by atoms with Crippen molar-refractivity contribution >= 4 is 44.8 Å². The van der Waals surface area contributed by atoms with Gasteiger partial charge in [-0.1, -0.05) is 0 Å². The topological polar surface area (TPSA) is 29.5 Å². The second-order valence-electron chi connectivity index (χ2n) is 4.03. The number of ether oxygens (including phenoxy) is 1. The van der Waals surface area contributed by atoms with Gasteiger partial charge in [-0.2, -0.15) is 0 Å². The highest BCUT2D eigenvalue weighted by Crippen LogP contribution is 2.25. The summed E-state index contributed by atoms with van der Waals surface area (Å²) in [7, 11) is 0. The van der Waals surface area contributed by atoms with Gasteiger partial charge in [-0.15, -0.1) is 22.9 Å². The largest absolute Gasteiger partial charge is 0.370 e. The lowest BCUT2D eigenvalue weighted by atomic mass is 10.2. The van der Waals surface area contributed by atoms with Crippen LogP contribution in [0, 0.1) is 0 Å². The lowest BCUT2D eigenvalue weighted by Gasteiger charge is -2.35. The molecule has 2 atom stereocenters. The third-order valence-corrected chi connectivity index (χ3v) is 4.77. The van der Waals surface area contributed by atoms with Crippen molar-refractivity contribution < 1.29 is 9.53 Å². The van der Waals surface area contributed by atoms with Crippen molar-refractivity contribution in [1.82, 2.24) is 4.90 Å². The summed E-state index contributed by atoms with van der Waals surface area (Å²) in [6.07, 6.45) is -0.0294. The standard InChI is InChI=1S/C11H13BrClNO2S/c1-7-5-14(6-8(4-13)16-7)11(15)10-9(12)2-3-17-10/h2-3,7-8H,4-6H2,1H3. The molecule has 2 unspecified atom stereocenters. The van der Waals surface area contributed by atoms with E-state index in [9.17, 15) is 4.79 Å². The molecule has 0 radical (unpaired) electrons. The van der Waals surface area contributed by atoms with E-state index in [1.165, 1.54) is 11.3 Å². The van der Waals surface area contributed by atoms with Crippen molar-refractivity contribution in [3.63, 3.8) is 0 Å². The van der Waals surface area contributed by atoms with E-state index in [0.29, 0.717) is 19.0 Å². The van der Waals surface area contributed by atoms with E-state index in [1.807, 2.05) is 23.3 Å². The monoisotopic (exact) mass is 337 g/mol. The van der Waals surface area contributed by atoms with E-state index >= 15 is 0 Å². The molecule has 0 spiro atoms. The highest BCUT2D eigenvalue weighted by molar-refractivity contribution is 9.10. The molecular formula is C11H13BrClNO2S. The van der Waals surface area contributed by atoms with Gasteiger partial charge in [-0.25, -0.2) is 0 Å². The Labute approximate surface area is 118 Å². The summed E-state index contributed by atoms with van der Waals surface area (Å²) in [4.78, 5) is 14.9. The molecule has 0 aliphatic carbocycles. The van der Waals surface area contributed by atoms with Crippen LogP contribution in [0.15, 0.2) is 15.9 Å². The second kappa shape index (κ2) is 5.69. The zero-order chi connectivity index (χ0) is 12.4. The normalized spacial score (nSPS) is 25.0. The van der Waals surface area contributed by atoms with Crippen LogP contribution in [-0.2, 0) is 4.74 Å². The summed E-state index contributed by atoms with van der Waals surface area (Å²) in [5.74, 6) is 0.469. The van der Waals surface area contributed by atoms with Crippen LogP contribution in [0.25, 0.3) is 0 Å². The van der Waals surface area contributed by atoms with Crippen molar-refractivity contribution in [3.8, 4) is 0 Å². The maximum Gasteiger partial charge on any atom is 0.265 e. The maximum absolute atomic E-state index is 12.3. The van der Waals surface area contributed by atoms with Crippen LogP contribution in [0.4, 0.5) is 0 Å². The molecule has 0 bridgehead atoms. The molecule has 2 rings (SSSR count). The molecule has 94 valence electrons. The number of amides is 1. The van der Waals surface area contributed by atoms with E-state index in [4.69, 9.17) is 16.3 Å². The molecule has 1 aliphatic rings. The quantitative estimate of drug-likeness (QED) is 0.776. The molecule has 3 nitrogen and oxygen atoms in total. The number of carbonyl (C=O) groups excluding carboxylic acids is 1. The molecule has 1 fully saturated rings. The lowest BCUT2D eigenvalue weighted by molar-refractivity contribution is -0.0569. The molecular weight excluding hydrogens is 326 g/mol. The first-order valence-electron chi connectivity index (χ1n) is 5.35. The molecule has 1 aromatic heterocycles. The van der Waals surface area contributed by atoms with Crippen LogP contribution in [0.3, 0.4) is 0 Å². The van der Waals surface area contributed by atoms with Crippen LogP contribution >= 0.6 is 38.9 Å². The number of thiophene rings is 1. The Kier molecular flexibility index (Phi) is 4.47. The predicted octanol–water partition coefficient (Wildman–Crippen LogP) is 2.98. The fourth-order valence-corrected chi connectivity index (χ4v) is 3.56. The summed E-state index contributed by atoms with van der Waals surface area (Å²) in [6.45, 7) is 3.15. The van der Waals surface area contributed by atoms with Gasteiger partial charge >= 0.3 is 0 Å². The first-order valence-corrected chi connectivity index (χ1v) is 7.56. The molecule has 0 saturated carbocycles. The van der Waals surface area contributed by atoms with Gasteiger partial charge in [0.05, 0.1) is 18.1 Å². The molecule has 0 N–H and O–H groups in total. The highest BCUT2D eigenvalue weighted by Gasteiger charge is 2.29. The van der Waals surface area contributed by atoms with E-state index in [2.05, 4.69) is 15.9 Å². The lowest BCUT2D eigenvalue weighted by Crippen LogP contribution is -2.49. The van der Waals surface area contributed by atoms with E-state index < -0.39 is 0 Å². The van der Waals surface area contributed by atoms with Gasteiger partial charge in [-0.3, -0.25) is 4.79 Å². The van der Waals surface area contributed by atoms with E-state index in [0.717, 1.165) is 9.35 Å². The number of nitrogens with zero attached hydrogens (tertiary/aromatic N) is 1. The zero-order valence-corrected chi connectivity index (χ0v) is 12.5. The second-order valence-corrected chi connectivity index (χ2v) is 6.11. The Hall–Kier alpha value is -0.100. The molecule has 17 heavy (non-hydrogen) atoms. The Morgan fingerprint density at radius 2 is 2.47 bits per heavy atom. The van der Waals surface area contributed by atoms with Crippen molar-refractivity contribution in [2.75, 3.05) is 19.0 Å². The number of hydrogen-bond acceptors (Lipinski definition) is 3. The third-order valence-electron chi connectivity index (χ3n) is 2.60. The fraction of sp³-hybridized carbons (Fsp3) is 0.545. The van der Waals surface area contributed by atoms with Crippen LogP contribution in [0.2, 0.25) is 0 Å². The Balaban J connectivity index is 2.11. The number of hydrogen-bond donors (Lipinski definition) is 0. The van der Waals surface area contributed by atoms with Gasteiger partial charge in [0.1, 0.15) is 4.88 Å². The zero-order valence-electron chi connectivity index (χ0n) is 9.36. The molecule has 1 amide bonds. The van der Waals surface area contributed by atoms with Crippen LogP contribution in [0.5, 0.6) is 0 Å². The number of morpholine rings is 1. The molecule has 2 heterocycles. The summed E-state index contributed by atoms with van der Waals surface area (Å²) < 4.78 is 6.48. The Morgan fingerprint density at radius 3 is 3.06 bits per heavy atom. The minimum Gasteiger partial charge on any atom is -0.370 e. The third kappa shape index (κ3) is 3.02. The number of rotatable bonds is 2. The maximum atomic E-state index is 12.3. The molecule has 1 aromatic rings.